The summed E-state index contributed by atoms with van der Waals surface area (Å²) in [7, 11) is -2.22. The third-order valence-corrected chi connectivity index (χ3v) is 8.19. The number of amides is 1. The minimum Gasteiger partial charge on any atom is -0.481 e. The maximum absolute atomic E-state index is 13.3. The smallest absolute Gasteiger partial charge is 0.331 e. The van der Waals surface area contributed by atoms with Crippen LogP contribution in [0.5, 0.6) is 0 Å². The minimum absolute atomic E-state index is 0.107. The number of rotatable bonds is 15. The fourth-order valence-corrected chi connectivity index (χ4v) is 6.08. The molecule has 0 aliphatic carbocycles. The number of hydrogen-bond donors (Lipinski definition) is 3. The third kappa shape index (κ3) is 8.83. The highest BCUT2D eigenvalue weighted by Crippen LogP contribution is 2.51. The van der Waals surface area contributed by atoms with Crippen LogP contribution in [-0.4, -0.2) is 83.8 Å². The second kappa shape index (κ2) is 14.5. The number of carboxylic acid groups (broad SMARTS) is 1. The zero-order valence-electron chi connectivity index (χ0n) is 22.5. The molecule has 5 atom stereocenters. The highest BCUT2D eigenvalue weighted by molar-refractivity contribution is 7.53. The Hall–Kier alpha value is -2.84. The van der Waals surface area contributed by atoms with Crippen molar-refractivity contribution in [2.75, 3.05) is 33.0 Å². The fraction of sp³-hybridized carbons (Fsp3) is 0.696. The lowest BCUT2D eigenvalue weighted by Gasteiger charge is -2.28. The normalized spacial score (nSPS) is 21.9. The first-order valence-electron chi connectivity index (χ1n) is 12.4. The van der Waals surface area contributed by atoms with Crippen LogP contribution in [-0.2, 0) is 42.2 Å². The first kappa shape index (κ1) is 32.4. The summed E-state index contributed by atoms with van der Waals surface area (Å²) < 4.78 is 42.6. The van der Waals surface area contributed by atoms with Crippen LogP contribution in [0.4, 0.5) is 0 Å². The SMILES string of the molecule is CCOP(=O)(C[C@@H](C)C1O[C@H](n2cc(C)c(=O)[nH]c2=O)[C@H](OCC(=O)NC)[C@@H]1OC(=O)CCC(=O)O)OCC. The van der Waals surface area contributed by atoms with Gasteiger partial charge in [-0.3, -0.25) is 33.3 Å². The van der Waals surface area contributed by atoms with Gasteiger partial charge < -0.3 is 33.7 Å². The van der Waals surface area contributed by atoms with E-state index < -0.39 is 86.6 Å². The van der Waals surface area contributed by atoms with Crippen LogP contribution >= 0.6 is 7.60 Å². The van der Waals surface area contributed by atoms with E-state index in [4.69, 9.17) is 28.4 Å². The molecule has 0 saturated carbocycles. The first-order chi connectivity index (χ1) is 18.3. The number of nitrogens with one attached hydrogen (secondary N) is 2. The number of likely N-dealkylation sites (N-methyl/N-ethyl adjacent to an activating group) is 1. The zero-order chi connectivity index (χ0) is 29.3. The molecule has 1 saturated heterocycles. The molecule has 1 fully saturated rings. The van der Waals surface area contributed by atoms with E-state index in [-0.39, 0.29) is 24.9 Å². The van der Waals surface area contributed by atoms with E-state index in [0.717, 1.165) is 4.57 Å². The number of aliphatic carboxylic acids is 1. The fourth-order valence-electron chi connectivity index (χ4n) is 4.09. The lowest BCUT2D eigenvalue weighted by atomic mass is 9.99. The number of nitrogens with zero attached hydrogens (tertiary/aromatic N) is 1. The Balaban J connectivity index is 2.54. The summed E-state index contributed by atoms with van der Waals surface area (Å²) in [6.45, 7) is 6.13. The maximum atomic E-state index is 13.3. The van der Waals surface area contributed by atoms with E-state index in [9.17, 15) is 28.5 Å². The second-order valence-electron chi connectivity index (χ2n) is 8.87. The summed E-state index contributed by atoms with van der Waals surface area (Å²) in [6, 6.07) is 0. The molecule has 0 spiro atoms. The van der Waals surface area contributed by atoms with E-state index >= 15 is 0 Å². The van der Waals surface area contributed by atoms with Crippen LogP contribution < -0.4 is 16.6 Å². The predicted molar refractivity (Wildman–Crippen MR) is 135 cm³/mol. The van der Waals surface area contributed by atoms with E-state index in [1.54, 1.807) is 20.8 Å². The summed E-state index contributed by atoms with van der Waals surface area (Å²) in [6.07, 6.45) is -4.76. The van der Waals surface area contributed by atoms with Crippen LogP contribution in [0.2, 0.25) is 0 Å². The number of hydrogen-bond acceptors (Lipinski definition) is 11. The molecule has 1 amide bonds. The van der Waals surface area contributed by atoms with Crippen molar-refractivity contribution in [1.29, 1.82) is 0 Å². The summed E-state index contributed by atoms with van der Waals surface area (Å²) >= 11 is 0. The number of carboxylic acids is 1. The highest BCUT2D eigenvalue weighted by atomic mass is 31.2. The van der Waals surface area contributed by atoms with Crippen molar-refractivity contribution in [2.24, 2.45) is 5.92 Å². The van der Waals surface area contributed by atoms with Gasteiger partial charge in [0.1, 0.15) is 18.8 Å². The van der Waals surface area contributed by atoms with Crippen LogP contribution in [0.3, 0.4) is 0 Å². The summed E-state index contributed by atoms with van der Waals surface area (Å²) in [4.78, 5) is 62.4. The molecule has 16 heteroatoms. The molecule has 0 bridgehead atoms. The van der Waals surface area contributed by atoms with E-state index in [1.165, 1.54) is 20.2 Å². The number of carbonyl (C=O) groups excluding carboxylic acids is 2. The van der Waals surface area contributed by atoms with Gasteiger partial charge in [0.15, 0.2) is 12.3 Å². The van der Waals surface area contributed by atoms with Gasteiger partial charge in [0.25, 0.3) is 5.56 Å². The van der Waals surface area contributed by atoms with Gasteiger partial charge in [-0.1, -0.05) is 6.92 Å². The molecular weight excluding hydrogens is 541 g/mol. The van der Waals surface area contributed by atoms with Gasteiger partial charge in [-0.15, -0.1) is 0 Å². The number of aromatic amines is 1. The number of esters is 1. The highest BCUT2D eigenvalue weighted by Gasteiger charge is 2.52. The number of aromatic nitrogens is 2. The molecular formula is C23H36N3O12P. The third-order valence-electron chi connectivity index (χ3n) is 5.87. The molecule has 220 valence electrons. The summed E-state index contributed by atoms with van der Waals surface area (Å²) in [5.74, 6) is -3.31. The van der Waals surface area contributed by atoms with Crippen molar-refractivity contribution in [3.05, 3.63) is 32.6 Å². The summed E-state index contributed by atoms with van der Waals surface area (Å²) in [5.41, 5.74) is -1.29. The van der Waals surface area contributed by atoms with E-state index in [0.29, 0.717) is 0 Å². The average molecular weight is 578 g/mol. The van der Waals surface area contributed by atoms with Gasteiger partial charge in [-0.2, -0.15) is 0 Å². The van der Waals surface area contributed by atoms with Gasteiger partial charge in [0.05, 0.1) is 32.2 Å². The molecule has 15 nitrogen and oxygen atoms in total. The Morgan fingerprint density at radius 1 is 1.18 bits per heavy atom. The van der Waals surface area contributed by atoms with Crippen molar-refractivity contribution < 1.29 is 47.3 Å². The molecule has 1 aliphatic heterocycles. The van der Waals surface area contributed by atoms with Crippen molar-refractivity contribution in [1.82, 2.24) is 14.9 Å². The van der Waals surface area contributed by atoms with Crippen LogP contribution in [0.25, 0.3) is 0 Å². The number of H-pyrrole nitrogens is 1. The molecule has 1 aliphatic rings. The summed E-state index contributed by atoms with van der Waals surface area (Å²) in [5, 5.41) is 11.3. The first-order valence-corrected chi connectivity index (χ1v) is 14.2. The molecule has 1 aromatic heterocycles. The Kier molecular flexibility index (Phi) is 12.1. The standard InChI is InChI=1S/C23H36N3O12P/c1-6-35-39(33,36-7-2)12-14(4)18-19(37-17(30)9-8-16(28)29)20(34-11-15(27)24-5)22(38-18)26-10-13(3)21(31)25-23(26)32/h10,14,18-20,22H,6-9,11-12H2,1-5H3,(H,24,27)(H,28,29)(H,25,31,32)/t14-,18?,19-,20-,22+/m1/s1. The Labute approximate surface area is 224 Å². The van der Waals surface area contributed by atoms with Crippen LogP contribution in [0, 0.1) is 12.8 Å². The van der Waals surface area contributed by atoms with Crippen molar-refractivity contribution in [3.63, 3.8) is 0 Å². The van der Waals surface area contributed by atoms with Crippen LogP contribution in [0.1, 0.15) is 45.4 Å². The lowest BCUT2D eigenvalue weighted by molar-refractivity contribution is -0.161. The molecule has 0 aromatic carbocycles. The number of aryl methyl sites for hydroxylation is 1. The second-order valence-corrected chi connectivity index (χ2v) is 11.0. The predicted octanol–water partition coefficient (Wildman–Crippen LogP) is 0.552. The molecule has 2 rings (SSSR count). The number of ether oxygens (including phenoxy) is 3. The van der Waals surface area contributed by atoms with Gasteiger partial charge in [0.2, 0.25) is 5.91 Å². The van der Waals surface area contributed by atoms with Crippen molar-refractivity contribution in [2.45, 2.75) is 65.1 Å². The monoisotopic (exact) mass is 577 g/mol. The zero-order valence-corrected chi connectivity index (χ0v) is 23.4. The molecule has 1 unspecified atom stereocenters. The largest absolute Gasteiger partial charge is 0.481 e. The molecule has 2 heterocycles. The molecule has 39 heavy (non-hydrogen) atoms. The van der Waals surface area contributed by atoms with Gasteiger partial charge >= 0.3 is 25.2 Å². The molecule has 0 radical (unpaired) electrons. The maximum Gasteiger partial charge on any atom is 0.331 e. The topological polar surface area (TPSA) is 202 Å². The quantitative estimate of drug-likeness (QED) is 0.193. The van der Waals surface area contributed by atoms with Gasteiger partial charge in [-0.25, -0.2) is 4.79 Å². The van der Waals surface area contributed by atoms with E-state index in [1.807, 2.05) is 0 Å². The van der Waals surface area contributed by atoms with Gasteiger partial charge in [-0.05, 0) is 26.7 Å². The number of carbonyl (C=O) groups is 3. The Bertz CT molecular complexity index is 1170. The Morgan fingerprint density at radius 2 is 1.82 bits per heavy atom. The molecule has 3 N–H and O–H groups in total. The Morgan fingerprint density at radius 3 is 2.38 bits per heavy atom. The van der Waals surface area contributed by atoms with E-state index in [2.05, 4.69) is 10.3 Å². The molecule has 1 aromatic rings. The van der Waals surface area contributed by atoms with Crippen LogP contribution in [0.15, 0.2) is 15.8 Å². The lowest BCUT2D eigenvalue weighted by Crippen LogP contribution is -2.44. The van der Waals surface area contributed by atoms with Crippen molar-refractivity contribution in [3.8, 4) is 0 Å². The minimum atomic E-state index is -3.60. The van der Waals surface area contributed by atoms with Crippen molar-refractivity contribution >= 4 is 25.4 Å². The average Bonchev–Trinajstić information content (AvgIpc) is 3.21. The van der Waals surface area contributed by atoms with Gasteiger partial charge in [0, 0.05) is 18.8 Å².